The third kappa shape index (κ3) is 1.72. The van der Waals surface area contributed by atoms with Gasteiger partial charge in [0, 0.05) is 0 Å². The van der Waals surface area contributed by atoms with Crippen LogP contribution in [-0.4, -0.2) is 6.04 Å². The van der Waals surface area contributed by atoms with Gasteiger partial charge >= 0.3 is 0 Å². The van der Waals surface area contributed by atoms with Crippen molar-refractivity contribution < 1.29 is 4.84 Å². The number of hydrogen-bond donors (Lipinski definition) is 1. The van der Waals surface area contributed by atoms with Crippen molar-refractivity contribution in [3.8, 4) is 0 Å². The van der Waals surface area contributed by atoms with Crippen molar-refractivity contribution >= 4 is 0 Å². The van der Waals surface area contributed by atoms with Gasteiger partial charge in [0.15, 0.2) is 0 Å². The van der Waals surface area contributed by atoms with Crippen molar-refractivity contribution in [1.82, 2.24) is 5.48 Å². The molecule has 2 nitrogen and oxygen atoms in total. The Kier molecular flexibility index (Phi) is 2.11. The molecular formula is C7H13NO. The van der Waals surface area contributed by atoms with Crippen LogP contribution >= 0.6 is 0 Å². The molecule has 0 aliphatic carbocycles. The maximum atomic E-state index is 5.03. The Hall–Kier alpha value is -0.500. The fourth-order valence-corrected chi connectivity index (χ4v) is 0.973. The summed E-state index contributed by atoms with van der Waals surface area (Å²) in [5.41, 5.74) is 2.91. The third-order valence-electron chi connectivity index (χ3n) is 1.41. The Morgan fingerprint density at radius 2 is 2.56 bits per heavy atom. The molecule has 0 bridgehead atoms. The summed E-state index contributed by atoms with van der Waals surface area (Å²) in [6.07, 6.45) is 4.48. The average Bonchev–Trinajstić information content (AvgIpc) is 2.17. The highest BCUT2D eigenvalue weighted by Crippen LogP contribution is 2.09. The third-order valence-corrected chi connectivity index (χ3v) is 1.41. The van der Waals surface area contributed by atoms with E-state index < -0.39 is 0 Å². The summed E-state index contributed by atoms with van der Waals surface area (Å²) in [5.74, 6) is 0.994. The zero-order valence-electron chi connectivity index (χ0n) is 5.98. The van der Waals surface area contributed by atoms with E-state index in [0.29, 0.717) is 6.04 Å². The molecule has 0 saturated heterocycles. The van der Waals surface area contributed by atoms with E-state index in [4.69, 9.17) is 4.84 Å². The SMILES string of the molecule is CCCC1C=C(C)ON1. The molecule has 0 radical (unpaired) electrons. The van der Waals surface area contributed by atoms with Gasteiger partial charge in [-0.15, -0.1) is 0 Å². The standard InChI is InChI=1S/C7H13NO/c1-3-4-7-5-6(2)9-8-7/h5,7-8H,3-4H2,1-2H3. The molecule has 2 heteroatoms. The second-order valence-electron chi connectivity index (χ2n) is 2.39. The smallest absolute Gasteiger partial charge is 0.118 e. The van der Waals surface area contributed by atoms with Crippen LogP contribution in [-0.2, 0) is 4.84 Å². The van der Waals surface area contributed by atoms with E-state index in [9.17, 15) is 0 Å². The molecule has 1 N–H and O–H groups in total. The number of rotatable bonds is 2. The quantitative estimate of drug-likeness (QED) is 0.608. The van der Waals surface area contributed by atoms with Gasteiger partial charge < -0.3 is 4.84 Å². The van der Waals surface area contributed by atoms with Gasteiger partial charge in [0.2, 0.25) is 0 Å². The largest absolute Gasteiger partial charge is 0.413 e. The summed E-state index contributed by atoms with van der Waals surface area (Å²) in [4.78, 5) is 5.03. The molecule has 52 valence electrons. The zero-order chi connectivity index (χ0) is 6.69. The van der Waals surface area contributed by atoms with E-state index in [1.54, 1.807) is 0 Å². The molecule has 1 aliphatic heterocycles. The Morgan fingerprint density at radius 3 is 3.00 bits per heavy atom. The minimum atomic E-state index is 0.454. The summed E-state index contributed by atoms with van der Waals surface area (Å²) in [7, 11) is 0. The minimum Gasteiger partial charge on any atom is -0.413 e. The molecular weight excluding hydrogens is 114 g/mol. The van der Waals surface area contributed by atoms with Crippen LogP contribution in [0.3, 0.4) is 0 Å². The molecule has 9 heavy (non-hydrogen) atoms. The Balaban J connectivity index is 2.29. The molecule has 1 aliphatic rings. The van der Waals surface area contributed by atoms with Crippen LogP contribution in [0.2, 0.25) is 0 Å². The molecule has 0 spiro atoms. The van der Waals surface area contributed by atoms with Gasteiger partial charge in [-0.05, 0) is 19.4 Å². The number of hydrogen-bond acceptors (Lipinski definition) is 2. The molecule has 0 saturated carbocycles. The molecule has 0 amide bonds. The molecule has 0 aromatic carbocycles. The first-order valence-electron chi connectivity index (χ1n) is 3.43. The first-order chi connectivity index (χ1) is 4.33. The van der Waals surface area contributed by atoms with Gasteiger partial charge in [0.05, 0.1) is 6.04 Å². The lowest BCUT2D eigenvalue weighted by molar-refractivity contribution is 0.115. The first-order valence-corrected chi connectivity index (χ1v) is 3.43. The fourth-order valence-electron chi connectivity index (χ4n) is 0.973. The monoisotopic (exact) mass is 127 g/mol. The molecule has 0 fully saturated rings. The molecule has 1 atom stereocenters. The van der Waals surface area contributed by atoms with Crippen LogP contribution in [0.25, 0.3) is 0 Å². The van der Waals surface area contributed by atoms with Gasteiger partial charge in [0.1, 0.15) is 5.76 Å². The van der Waals surface area contributed by atoms with Gasteiger partial charge in [-0.25, -0.2) is 0 Å². The normalized spacial score (nSPS) is 25.6. The summed E-state index contributed by atoms with van der Waals surface area (Å²) in [6.45, 7) is 4.13. The van der Waals surface area contributed by atoms with Gasteiger partial charge in [0.25, 0.3) is 0 Å². The van der Waals surface area contributed by atoms with Gasteiger partial charge in [-0.3, -0.25) is 0 Å². The van der Waals surface area contributed by atoms with Crippen LogP contribution in [0.15, 0.2) is 11.8 Å². The molecule has 1 heterocycles. The van der Waals surface area contributed by atoms with Crippen molar-refractivity contribution in [2.75, 3.05) is 0 Å². The Bertz CT molecular complexity index is 120. The minimum absolute atomic E-state index is 0.454. The van der Waals surface area contributed by atoms with Crippen molar-refractivity contribution in [2.24, 2.45) is 0 Å². The highest BCUT2D eigenvalue weighted by Gasteiger charge is 2.11. The summed E-state index contributed by atoms with van der Waals surface area (Å²) < 4.78 is 0. The van der Waals surface area contributed by atoms with Crippen LogP contribution in [0.1, 0.15) is 26.7 Å². The average molecular weight is 127 g/mol. The Morgan fingerprint density at radius 1 is 1.78 bits per heavy atom. The number of nitrogens with one attached hydrogen (secondary N) is 1. The highest BCUT2D eigenvalue weighted by atomic mass is 16.7. The lowest BCUT2D eigenvalue weighted by atomic mass is 10.2. The van der Waals surface area contributed by atoms with E-state index in [1.807, 2.05) is 6.92 Å². The van der Waals surface area contributed by atoms with Crippen molar-refractivity contribution in [1.29, 1.82) is 0 Å². The van der Waals surface area contributed by atoms with Gasteiger partial charge in [-0.2, -0.15) is 5.48 Å². The molecule has 1 unspecified atom stereocenters. The van der Waals surface area contributed by atoms with E-state index in [1.165, 1.54) is 6.42 Å². The topological polar surface area (TPSA) is 21.3 Å². The van der Waals surface area contributed by atoms with Crippen LogP contribution < -0.4 is 5.48 Å². The van der Waals surface area contributed by atoms with Crippen molar-refractivity contribution in [3.05, 3.63) is 11.8 Å². The second kappa shape index (κ2) is 2.87. The van der Waals surface area contributed by atoms with Crippen LogP contribution in [0.4, 0.5) is 0 Å². The second-order valence-corrected chi connectivity index (χ2v) is 2.39. The molecule has 1 rings (SSSR count). The zero-order valence-corrected chi connectivity index (χ0v) is 5.98. The molecule has 0 aromatic heterocycles. The highest BCUT2D eigenvalue weighted by molar-refractivity contribution is 5.00. The number of allylic oxidation sites excluding steroid dienone is 1. The summed E-state index contributed by atoms with van der Waals surface area (Å²) >= 11 is 0. The first kappa shape index (κ1) is 6.62. The van der Waals surface area contributed by atoms with E-state index in [-0.39, 0.29) is 0 Å². The van der Waals surface area contributed by atoms with E-state index in [0.717, 1.165) is 12.2 Å². The van der Waals surface area contributed by atoms with Crippen molar-refractivity contribution in [2.45, 2.75) is 32.7 Å². The molecule has 0 aromatic rings. The van der Waals surface area contributed by atoms with Crippen LogP contribution in [0, 0.1) is 0 Å². The van der Waals surface area contributed by atoms with Gasteiger partial charge in [-0.1, -0.05) is 13.3 Å². The Labute approximate surface area is 55.9 Å². The lowest BCUT2D eigenvalue weighted by Crippen LogP contribution is -2.19. The predicted octanol–water partition coefficient (Wildman–Crippen LogP) is 1.59. The van der Waals surface area contributed by atoms with E-state index >= 15 is 0 Å². The van der Waals surface area contributed by atoms with E-state index in [2.05, 4.69) is 18.5 Å². The summed E-state index contributed by atoms with van der Waals surface area (Å²) in [6, 6.07) is 0.454. The summed E-state index contributed by atoms with van der Waals surface area (Å²) in [5, 5.41) is 0. The fraction of sp³-hybridized carbons (Fsp3) is 0.714. The maximum absolute atomic E-state index is 5.03. The number of hydroxylamine groups is 1. The predicted molar refractivity (Wildman–Crippen MR) is 36.7 cm³/mol. The van der Waals surface area contributed by atoms with Crippen molar-refractivity contribution in [3.63, 3.8) is 0 Å². The lowest BCUT2D eigenvalue weighted by Gasteiger charge is -2.03. The van der Waals surface area contributed by atoms with Crippen LogP contribution in [0.5, 0.6) is 0 Å². The maximum Gasteiger partial charge on any atom is 0.118 e.